The predicted octanol–water partition coefficient (Wildman–Crippen LogP) is 5.46. The molecular formula is C26H25F3N4O3S. The van der Waals surface area contributed by atoms with Crippen molar-refractivity contribution in [3.63, 3.8) is 0 Å². The lowest BCUT2D eigenvalue weighted by Gasteiger charge is -2.32. The SMILES string of the molecule is CCSc1ccc(CC(=O)Nc2ccc3c(n2)CCC(C)(c2cc(OC(F)(F)F)nc(C)n2)C3=O)cc1. The molecule has 3 aromatic rings. The van der Waals surface area contributed by atoms with Crippen LogP contribution in [0.1, 0.15) is 53.4 Å². The molecule has 0 bridgehead atoms. The summed E-state index contributed by atoms with van der Waals surface area (Å²) < 4.78 is 42.1. The molecule has 0 saturated carbocycles. The van der Waals surface area contributed by atoms with Gasteiger partial charge in [0, 0.05) is 16.5 Å². The largest absolute Gasteiger partial charge is 0.574 e. The molecule has 194 valence electrons. The second-order valence-corrected chi connectivity index (χ2v) is 10.2. The highest BCUT2D eigenvalue weighted by Gasteiger charge is 2.43. The maximum atomic E-state index is 13.4. The van der Waals surface area contributed by atoms with E-state index in [0.29, 0.717) is 23.5 Å². The fraction of sp³-hybridized carbons (Fsp3) is 0.346. The molecule has 0 fully saturated rings. The van der Waals surface area contributed by atoms with Crippen LogP contribution in [0, 0.1) is 6.92 Å². The number of carbonyl (C=O) groups is 2. The number of amides is 1. The summed E-state index contributed by atoms with van der Waals surface area (Å²) in [5.41, 5.74) is 0.689. The molecule has 7 nitrogen and oxygen atoms in total. The number of hydrogen-bond donors (Lipinski definition) is 1. The summed E-state index contributed by atoms with van der Waals surface area (Å²) in [6, 6.07) is 12.0. The zero-order valence-electron chi connectivity index (χ0n) is 20.5. The number of ether oxygens (including phenoxy) is 1. The van der Waals surface area contributed by atoms with E-state index >= 15 is 0 Å². The van der Waals surface area contributed by atoms with Crippen LogP contribution in [0.25, 0.3) is 0 Å². The summed E-state index contributed by atoms with van der Waals surface area (Å²) in [7, 11) is 0. The van der Waals surface area contributed by atoms with Crippen molar-refractivity contribution in [3.05, 3.63) is 70.8 Å². The quantitative estimate of drug-likeness (QED) is 0.406. The van der Waals surface area contributed by atoms with Crippen LogP contribution in [-0.4, -0.2) is 38.8 Å². The van der Waals surface area contributed by atoms with Gasteiger partial charge in [-0.1, -0.05) is 19.1 Å². The first kappa shape index (κ1) is 26.6. The minimum absolute atomic E-state index is 0.0616. The first-order valence-electron chi connectivity index (χ1n) is 11.6. The molecule has 0 radical (unpaired) electrons. The topological polar surface area (TPSA) is 94.1 Å². The summed E-state index contributed by atoms with van der Waals surface area (Å²) in [6.07, 6.45) is -4.09. The summed E-state index contributed by atoms with van der Waals surface area (Å²) in [5, 5.41) is 2.77. The number of rotatable bonds is 7. The Morgan fingerprint density at radius 3 is 2.54 bits per heavy atom. The molecule has 1 aromatic carbocycles. The second kappa shape index (κ2) is 10.5. The summed E-state index contributed by atoms with van der Waals surface area (Å²) in [4.78, 5) is 39.5. The first-order valence-corrected chi connectivity index (χ1v) is 12.6. The van der Waals surface area contributed by atoms with Crippen LogP contribution in [0.2, 0.25) is 0 Å². The molecule has 1 amide bonds. The summed E-state index contributed by atoms with van der Waals surface area (Å²) in [5.74, 6) is 0.148. The highest BCUT2D eigenvalue weighted by atomic mass is 32.2. The van der Waals surface area contributed by atoms with Crippen molar-refractivity contribution in [1.82, 2.24) is 15.0 Å². The van der Waals surface area contributed by atoms with Crippen molar-refractivity contribution in [2.24, 2.45) is 0 Å². The number of carbonyl (C=O) groups excluding carboxylic acids is 2. The molecular weight excluding hydrogens is 505 g/mol. The van der Waals surface area contributed by atoms with Crippen LogP contribution in [0.15, 0.2) is 47.4 Å². The minimum atomic E-state index is -4.91. The number of thioether (sulfide) groups is 1. The van der Waals surface area contributed by atoms with Crippen LogP contribution < -0.4 is 10.1 Å². The number of alkyl halides is 3. The fourth-order valence-electron chi connectivity index (χ4n) is 4.23. The van der Waals surface area contributed by atoms with Gasteiger partial charge in [0.2, 0.25) is 11.8 Å². The van der Waals surface area contributed by atoms with Crippen molar-refractivity contribution < 1.29 is 27.5 Å². The Morgan fingerprint density at radius 1 is 1.14 bits per heavy atom. The van der Waals surface area contributed by atoms with Crippen LogP contribution >= 0.6 is 11.8 Å². The lowest BCUT2D eigenvalue weighted by atomic mass is 9.71. The van der Waals surface area contributed by atoms with Gasteiger partial charge in [0.15, 0.2) is 5.78 Å². The molecule has 0 saturated heterocycles. The van der Waals surface area contributed by atoms with Gasteiger partial charge in [-0.05, 0) is 62.3 Å². The molecule has 37 heavy (non-hydrogen) atoms. The Bertz CT molecular complexity index is 1330. The smallest absolute Gasteiger partial charge is 0.388 e. The zero-order chi connectivity index (χ0) is 26.8. The van der Waals surface area contributed by atoms with Crippen LogP contribution in [-0.2, 0) is 23.1 Å². The van der Waals surface area contributed by atoms with Gasteiger partial charge in [-0.15, -0.1) is 24.9 Å². The van der Waals surface area contributed by atoms with Gasteiger partial charge in [-0.2, -0.15) is 4.98 Å². The van der Waals surface area contributed by atoms with E-state index in [9.17, 15) is 22.8 Å². The molecule has 1 N–H and O–H groups in total. The molecule has 1 aliphatic carbocycles. The predicted molar refractivity (Wildman–Crippen MR) is 133 cm³/mol. The van der Waals surface area contributed by atoms with E-state index in [1.54, 1.807) is 30.8 Å². The Morgan fingerprint density at radius 2 is 1.86 bits per heavy atom. The average Bonchev–Trinajstić information content (AvgIpc) is 2.81. The fourth-order valence-corrected chi connectivity index (χ4v) is 4.89. The first-order chi connectivity index (χ1) is 17.5. The van der Waals surface area contributed by atoms with Crippen LogP contribution in [0.3, 0.4) is 0 Å². The van der Waals surface area contributed by atoms with Crippen LogP contribution in [0.4, 0.5) is 19.0 Å². The molecule has 1 unspecified atom stereocenters. The number of Topliss-reactive ketones (excluding diaryl/α,β-unsaturated/α-hetero) is 1. The maximum Gasteiger partial charge on any atom is 0.574 e. The van der Waals surface area contributed by atoms with E-state index in [4.69, 9.17) is 0 Å². The van der Waals surface area contributed by atoms with Gasteiger partial charge >= 0.3 is 6.36 Å². The highest BCUT2D eigenvalue weighted by Crippen LogP contribution is 2.38. The Hall–Kier alpha value is -3.47. The van der Waals surface area contributed by atoms with Gasteiger partial charge < -0.3 is 10.1 Å². The van der Waals surface area contributed by atoms with E-state index in [0.717, 1.165) is 22.3 Å². The third-order valence-electron chi connectivity index (χ3n) is 6.05. The van der Waals surface area contributed by atoms with Gasteiger partial charge in [0.1, 0.15) is 11.6 Å². The van der Waals surface area contributed by atoms with Gasteiger partial charge in [-0.25, -0.2) is 9.97 Å². The number of fused-ring (bicyclic) bond motifs is 1. The molecule has 1 aliphatic rings. The number of ketones is 1. The van der Waals surface area contributed by atoms with Crippen molar-refractivity contribution in [1.29, 1.82) is 0 Å². The lowest BCUT2D eigenvalue weighted by molar-refractivity contribution is -0.276. The Labute approximate surface area is 216 Å². The number of aromatic nitrogens is 3. The average molecular weight is 531 g/mol. The van der Waals surface area contributed by atoms with Crippen LogP contribution in [0.5, 0.6) is 5.88 Å². The van der Waals surface area contributed by atoms with E-state index in [1.807, 2.05) is 24.3 Å². The number of anilines is 1. The van der Waals surface area contributed by atoms with Crippen molar-refractivity contribution in [3.8, 4) is 5.88 Å². The number of benzene rings is 1. The van der Waals surface area contributed by atoms with Gasteiger partial charge in [0.05, 0.1) is 23.2 Å². The third-order valence-corrected chi connectivity index (χ3v) is 6.94. The molecule has 2 aromatic heterocycles. The number of aryl methyl sites for hydroxylation is 2. The highest BCUT2D eigenvalue weighted by molar-refractivity contribution is 7.99. The standard InChI is InChI=1S/C26H25F3N4O3S/c1-4-37-17-7-5-16(6-8-17)13-22(34)33-21-10-9-18-19(32-21)11-12-25(3,24(18)35)20-14-23(31-15(2)30-20)36-26(27,28)29/h5-10,14H,4,11-13H2,1-3H3,(H,32,33,34). The summed E-state index contributed by atoms with van der Waals surface area (Å²) >= 11 is 1.72. The number of halogens is 3. The maximum absolute atomic E-state index is 13.4. The number of nitrogens with zero attached hydrogens (tertiary/aromatic N) is 3. The van der Waals surface area contributed by atoms with E-state index in [2.05, 4.69) is 31.9 Å². The van der Waals surface area contributed by atoms with Gasteiger partial charge in [-0.3, -0.25) is 9.59 Å². The second-order valence-electron chi connectivity index (χ2n) is 8.84. The van der Waals surface area contributed by atoms with E-state index in [1.165, 1.54) is 6.92 Å². The third kappa shape index (κ3) is 6.27. The number of hydrogen-bond acceptors (Lipinski definition) is 7. The van der Waals surface area contributed by atoms with E-state index < -0.39 is 17.7 Å². The Kier molecular flexibility index (Phi) is 7.54. The van der Waals surface area contributed by atoms with E-state index in [-0.39, 0.29) is 36.1 Å². The molecule has 2 heterocycles. The van der Waals surface area contributed by atoms with Crippen molar-refractivity contribution in [2.45, 2.75) is 56.7 Å². The Balaban J connectivity index is 1.49. The minimum Gasteiger partial charge on any atom is -0.388 e. The normalized spacial score (nSPS) is 17.3. The molecule has 11 heteroatoms. The monoisotopic (exact) mass is 530 g/mol. The summed E-state index contributed by atoms with van der Waals surface area (Å²) in [6.45, 7) is 5.15. The van der Waals surface area contributed by atoms with Crippen molar-refractivity contribution >= 4 is 29.3 Å². The molecule has 0 spiro atoms. The number of pyridine rings is 1. The number of nitrogens with one attached hydrogen (secondary N) is 1. The molecule has 4 rings (SSSR count). The molecule has 0 aliphatic heterocycles. The van der Waals surface area contributed by atoms with Crippen molar-refractivity contribution in [2.75, 3.05) is 11.1 Å². The molecule has 1 atom stereocenters. The zero-order valence-corrected chi connectivity index (χ0v) is 21.3. The lowest BCUT2D eigenvalue weighted by Crippen LogP contribution is -2.39. The van der Waals surface area contributed by atoms with Gasteiger partial charge in [0.25, 0.3) is 0 Å².